The van der Waals surface area contributed by atoms with Crippen LogP contribution in [0.15, 0.2) is 12.2 Å². The number of aliphatic hydroxyl groups is 2. The Labute approximate surface area is 71.5 Å². The van der Waals surface area contributed by atoms with E-state index in [1.54, 1.807) is 0 Å². The monoisotopic (exact) mass is 174 g/mol. The zero-order valence-electron chi connectivity index (χ0n) is 7.12. The van der Waals surface area contributed by atoms with E-state index in [2.05, 4.69) is 11.3 Å². The number of rotatable bonds is 5. The summed E-state index contributed by atoms with van der Waals surface area (Å²) in [5.74, 6) is -0.751. The van der Waals surface area contributed by atoms with Gasteiger partial charge in [0, 0.05) is 5.57 Å². The van der Waals surface area contributed by atoms with Gasteiger partial charge < -0.3 is 14.9 Å². The van der Waals surface area contributed by atoms with Crippen molar-refractivity contribution in [2.24, 2.45) is 0 Å². The van der Waals surface area contributed by atoms with E-state index in [1.807, 2.05) is 6.92 Å². The summed E-state index contributed by atoms with van der Waals surface area (Å²) < 4.78 is 4.08. The Bertz CT molecular complexity index is 162. The number of carbonyl (C=O) groups is 1. The largest absolute Gasteiger partial charge is 0.407 e. The molecule has 0 heterocycles. The summed E-state index contributed by atoms with van der Waals surface area (Å²) in [6.45, 7) is 3.39. The molecule has 0 aliphatic rings. The minimum atomic E-state index is -2.05. The molecule has 4 heteroatoms. The van der Waals surface area contributed by atoms with Gasteiger partial charge in [-0.25, -0.2) is 4.79 Å². The van der Waals surface area contributed by atoms with Crippen molar-refractivity contribution < 1.29 is 19.7 Å². The molecule has 0 aromatic carbocycles. The highest BCUT2D eigenvalue weighted by atomic mass is 16.7. The molecular weight excluding hydrogens is 160 g/mol. The molecule has 4 nitrogen and oxygen atoms in total. The van der Waals surface area contributed by atoms with Gasteiger partial charge in [-0.2, -0.15) is 0 Å². The Balaban J connectivity index is 3.70. The van der Waals surface area contributed by atoms with Crippen LogP contribution in [0.4, 0.5) is 0 Å². The highest BCUT2D eigenvalue weighted by Gasteiger charge is 2.10. The van der Waals surface area contributed by atoms with Crippen LogP contribution in [-0.4, -0.2) is 22.7 Å². The summed E-state index contributed by atoms with van der Waals surface area (Å²) in [6.07, 6.45) is 2.32. The Hall–Kier alpha value is -0.870. The molecule has 0 aromatic heterocycles. The highest BCUT2D eigenvalue weighted by molar-refractivity contribution is 5.87. The van der Waals surface area contributed by atoms with E-state index in [0.29, 0.717) is 6.42 Å². The van der Waals surface area contributed by atoms with Crippen LogP contribution in [0.5, 0.6) is 0 Å². The van der Waals surface area contributed by atoms with Crippen LogP contribution in [0.25, 0.3) is 0 Å². The fraction of sp³-hybridized carbons (Fsp3) is 0.625. The maximum absolute atomic E-state index is 10.8. The number of ether oxygens (including phenoxy) is 1. The van der Waals surface area contributed by atoms with Crippen molar-refractivity contribution >= 4 is 5.97 Å². The maximum atomic E-state index is 10.8. The molecule has 70 valence electrons. The van der Waals surface area contributed by atoms with Gasteiger partial charge in [0.25, 0.3) is 0 Å². The molecule has 0 rings (SSSR count). The third-order valence-electron chi connectivity index (χ3n) is 1.33. The molecule has 0 fully saturated rings. The number of hydrogen-bond donors (Lipinski definition) is 2. The van der Waals surface area contributed by atoms with Crippen molar-refractivity contribution in [3.63, 3.8) is 0 Å². The highest BCUT2D eigenvalue weighted by Crippen LogP contribution is 2.06. The number of hydrogen-bond acceptors (Lipinski definition) is 4. The van der Waals surface area contributed by atoms with Gasteiger partial charge in [0.15, 0.2) is 0 Å². The zero-order chi connectivity index (χ0) is 9.56. The smallest absolute Gasteiger partial charge is 0.337 e. The standard InChI is InChI=1S/C8H14O4/c1-3-4-5-6(2)7(9)12-8(10)11/h8,10-11H,2-5H2,1H3. The molecule has 0 saturated heterocycles. The van der Waals surface area contributed by atoms with Gasteiger partial charge in [-0.1, -0.05) is 19.9 Å². The first kappa shape index (κ1) is 11.1. The Kier molecular flexibility index (Phi) is 5.32. The number of unbranched alkanes of at least 4 members (excludes halogenated alkanes) is 1. The van der Waals surface area contributed by atoms with Crippen LogP contribution >= 0.6 is 0 Å². The van der Waals surface area contributed by atoms with Crippen LogP contribution in [-0.2, 0) is 9.53 Å². The lowest BCUT2D eigenvalue weighted by Crippen LogP contribution is -2.17. The van der Waals surface area contributed by atoms with Crippen LogP contribution in [0.3, 0.4) is 0 Å². The normalized spacial score (nSPS) is 10.0. The first-order valence-electron chi connectivity index (χ1n) is 3.82. The summed E-state index contributed by atoms with van der Waals surface area (Å²) >= 11 is 0. The average molecular weight is 174 g/mol. The van der Waals surface area contributed by atoms with Gasteiger partial charge in [-0.05, 0) is 12.8 Å². The third-order valence-corrected chi connectivity index (χ3v) is 1.33. The predicted molar refractivity (Wildman–Crippen MR) is 43.0 cm³/mol. The summed E-state index contributed by atoms with van der Waals surface area (Å²) in [5, 5.41) is 16.5. The molecule has 2 N–H and O–H groups in total. The topological polar surface area (TPSA) is 66.8 Å². The van der Waals surface area contributed by atoms with E-state index >= 15 is 0 Å². The molecule has 0 radical (unpaired) electrons. The van der Waals surface area contributed by atoms with Gasteiger partial charge >= 0.3 is 12.4 Å². The van der Waals surface area contributed by atoms with Crippen molar-refractivity contribution in [3.8, 4) is 0 Å². The lowest BCUT2D eigenvalue weighted by atomic mass is 10.1. The first-order chi connectivity index (χ1) is 5.57. The van der Waals surface area contributed by atoms with E-state index < -0.39 is 12.4 Å². The SMILES string of the molecule is C=C(CCCC)C(=O)OC(O)O. The minimum Gasteiger partial charge on any atom is -0.407 e. The van der Waals surface area contributed by atoms with E-state index in [9.17, 15) is 4.79 Å². The molecular formula is C8H14O4. The molecule has 0 spiro atoms. The Morgan fingerprint density at radius 2 is 2.17 bits per heavy atom. The average Bonchev–Trinajstić information content (AvgIpc) is 1.98. The summed E-state index contributed by atoms with van der Waals surface area (Å²) in [5.41, 5.74) is 0.268. The third kappa shape index (κ3) is 4.87. The quantitative estimate of drug-likeness (QED) is 0.363. The van der Waals surface area contributed by atoms with Gasteiger partial charge in [-0.3, -0.25) is 0 Å². The van der Waals surface area contributed by atoms with Crippen molar-refractivity contribution in [1.29, 1.82) is 0 Å². The lowest BCUT2D eigenvalue weighted by molar-refractivity contribution is -0.226. The molecule has 0 atom stereocenters. The molecule has 0 aliphatic heterocycles. The lowest BCUT2D eigenvalue weighted by Gasteiger charge is -2.06. The number of carbonyl (C=O) groups excluding carboxylic acids is 1. The molecule has 0 bridgehead atoms. The van der Waals surface area contributed by atoms with Gasteiger partial charge in [0.05, 0.1) is 0 Å². The van der Waals surface area contributed by atoms with E-state index in [4.69, 9.17) is 10.2 Å². The van der Waals surface area contributed by atoms with E-state index in [1.165, 1.54) is 0 Å². The Morgan fingerprint density at radius 3 is 2.58 bits per heavy atom. The molecule has 12 heavy (non-hydrogen) atoms. The van der Waals surface area contributed by atoms with Crippen LogP contribution < -0.4 is 0 Å². The van der Waals surface area contributed by atoms with Crippen molar-refractivity contribution in [2.75, 3.05) is 0 Å². The van der Waals surface area contributed by atoms with Gasteiger partial charge in [0.2, 0.25) is 0 Å². The van der Waals surface area contributed by atoms with Crippen molar-refractivity contribution in [3.05, 3.63) is 12.2 Å². The zero-order valence-corrected chi connectivity index (χ0v) is 7.12. The molecule has 0 saturated carbocycles. The first-order valence-corrected chi connectivity index (χ1v) is 3.82. The molecule has 0 unspecified atom stereocenters. The van der Waals surface area contributed by atoms with Crippen molar-refractivity contribution in [1.82, 2.24) is 0 Å². The summed E-state index contributed by atoms with van der Waals surface area (Å²) in [7, 11) is 0. The molecule has 0 amide bonds. The van der Waals surface area contributed by atoms with Gasteiger partial charge in [-0.15, -0.1) is 0 Å². The summed E-state index contributed by atoms with van der Waals surface area (Å²) in [4.78, 5) is 10.8. The molecule has 0 aromatic rings. The van der Waals surface area contributed by atoms with E-state index in [-0.39, 0.29) is 5.57 Å². The second-order valence-electron chi connectivity index (χ2n) is 2.44. The minimum absolute atomic E-state index is 0.268. The maximum Gasteiger partial charge on any atom is 0.337 e. The summed E-state index contributed by atoms with van der Waals surface area (Å²) in [6, 6.07) is 0. The molecule has 0 aliphatic carbocycles. The van der Waals surface area contributed by atoms with Crippen LogP contribution in [0.1, 0.15) is 26.2 Å². The van der Waals surface area contributed by atoms with Gasteiger partial charge in [0.1, 0.15) is 0 Å². The van der Waals surface area contributed by atoms with E-state index in [0.717, 1.165) is 12.8 Å². The number of esters is 1. The predicted octanol–water partition coefficient (Wildman–Crippen LogP) is 0.544. The fourth-order valence-electron chi connectivity index (χ4n) is 0.671. The fourth-order valence-corrected chi connectivity index (χ4v) is 0.671. The van der Waals surface area contributed by atoms with Crippen LogP contribution in [0.2, 0.25) is 0 Å². The van der Waals surface area contributed by atoms with Crippen LogP contribution in [0, 0.1) is 0 Å². The second-order valence-corrected chi connectivity index (χ2v) is 2.44. The second kappa shape index (κ2) is 5.74. The Morgan fingerprint density at radius 1 is 1.58 bits per heavy atom. The van der Waals surface area contributed by atoms with Crippen molar-refractivity contribution in [2.45, 2.75) is 32.7 Å². The number of aliphatic hydroxyl groups excluding tert-OH is 1.